The first-order valence-corrected chi connectivity index (χ1v) is 7.31. The molecular formula is C10H16O4Si. The highest BCUT2D eigenvalue weighted by Crippen LogP contribution is 2.01. The molecule has 0 amide bonds. The predicted molar refractivity (Wildman–Crippen MR) is 62.3 cm³/mol. The molecule has 0 aromatic heterocycles. The lowest BCUT2D eigenvalue weighted by Gasteiger charge is -2.07. The first kappa shape index (κ1) is 15.8. The fourth-order valence-corrected chi connectivity index (χ4v) is 0.393. The highest BCUT2D eigenvalue weighted by Gasteiger charge is 2.07. The molecule has 0 rings (SSSR count). The number of aliphatic carboxylic acids is 2. The van der Waals surface area contributed by atoms with Crippen LogP contribution in [0.3, 0.4) is 0 Å². The van der Waals surface area contributed by atoms with Crippen LogP contribution in [0.4, 0.5) is 0 Å². The van der Waals surface area contributed by atoms with Crippen LogP contribution in [-0.2, 0) is 9.59 Å². The van der Waals surface area contributed by atoms with E-state index in [4.69, 9.17) is 10.2 Å². The number of carboxylic acids is 2. The normalized spacial score (nSPS) is 10.0. The molecule has 0 fully saturated rings. The van der Waals surface area contributed by atoms with Gasteiger partial charge in [0.15, 0.2) is 0 Å². The van der Waals surface area contributed by atoms with E-state index in [-0.39, 0.29) is 0 Å². The Balaban J connectivity index is 0. The SMILES string of the molecule is C=C[Si](C)(C)C=C.O=C(O)/C=C\C(=O)O. The van der Waals surface area contributed by atoms with Crippen molar-refractivity contribution in [3.63, 3.8) is 0 Å². The minimum Gasteiger partial charge on any atom is -0.478 e. The molecule has 0 saturated heterocycles. The number of rotatable bonds is 4. The van der Waals surface area contributed by atoms with Crippen molar-refractivity contribution in [2.45, 2.75) is 13.1 Å². The molecule has 0 aromatic rings. The Labute approximate surface area is 90.3 Å². The topological polar surface area (TPSA) is 74.6 Å². The smallest absolute Gasteiger partial charge is 0.328 e. The van der Waals surface area contributed by atoms with Crippen molar-refractivity contribution in [2.24, 2.45) is 0 Å². The van der Waals surface area contributed by atoms with Crippen LogP contribution in [0.2, 0.25) is 13.1 Å². The van der Waals surface area contributed by atoms with E-state index in [2.05, 4.69) is 26.3 Å². The summed E-state index contributed by atoms with van der Waals surface area (Å²) in [4.78, 5) is 19.1. The molecule has 0 atom stereocenters. The predicted octanol–water partition coefficient (Wildman–Crippen LogP) is 1.86. The Bertz CT molecular complexity index is 253. The average molecular weight is 228 g/mol. The van der Waals surface area contributed by atoms with Gasteiger partial charge >= 0.3 is 11.9 Å². The molecule has 0 aliphatic carbocycles. The summed E-state index contributed by atoms with van der Waals surface area (Å²) in [5.41, 5.74) is 4.03. The van der Waals surface area contributed by atoms with Gasteiger partial charge < -0.3 is 10.2 Å². The van der Waals surface area contributed by atoms with E-state index in [1.54, 1.807) is 0 Å². The van der Waals surface area contributed by atoms with Crippen molar-refractivity contribution in [3.8, 4) is 0 Å². The fourth-order valence-electron chi connectivity index (χ4n) is 0.226. The van der Waals surface area contributed by atoms with E-state index in [1.165, 1.54) is 0 Å². The van der Waals surface area contributed by atoms with Crippen molar-refractivity contribution in [1.29, 1.82) is 0 Å². The van der Waals surface area contributed by atoms with E-state index in [9.17, 15) is 9.59 Å². The summed E-state index contributed by atoms with van der Waals surface area (Å²) < 4.78 is 0. The third-order valence-electron chi connectivity index (χ3n) is 1.42. The van der Waals surface area contributed by atoms with E-state index in [0.29, 0.717) is 12.2 Å². The summed E-state index contributed by atoms with van der Waals surface area (Å²) in [5.74, 6) is -2.51. The third kappa shape index (κ3) is 15.2. The zero-order valence-corrected chi connectivity index (χ0v) is 9.93. The van der Waals surface area contributed by atoms with Crippen LogP contribution >= 0.6 is 0 Å². The van der Waals surface area contributed by atoms with Crippen LogP contribution < -0.4 is 0 Å². The van der Waals surface area contributed by atoms with Crippen molar-refractivity contribution < 1.29 is 19.8 Å². The maximum absolute atomic E-state index is 9.55. The minimum atomic E-state index is -1.26. The van der Waals surface area contributed by atoms with Gasteiger partial charge in [0.25, 0.3) is 0 Å². The second-order valence-electron chi connectivity index (χ2n) is 3.24. The summed E-state index contributed by atoms with van der Waals surface area (Å²) in [7, 11) is -1.12. The molecule has 2 N–H and O–H groups in total. The van der Waals surface area contributed by atoms with E-state index in [1.807, 2.05) is 11.4 Å². The van der Waals surface area contributed by atoms with Gasteiger partial charge in [0, 0.05) is 12.2 Å². The van der Waals surface area contributed by atoms with Crippen LogP contribution in [0.15, 0.2) is 36.7 Å². The summed E-state index contributed by atoms with van der Waals surface area (Å²) >= 11 is 0. The van der Waals surface area contributed by atoms with E-state index < -0.39 is 20.0 Å². The second-order valence-corrected chi connectivity index (χ2v) is 7.70. The quantitative estimate of drug-likeness (QED) is 0.569. The van der Waals surface area contributed by atoms with Gasteiger partial charge in [-0.2, -0.15) is 0 Å². The molecule has 4 nitrogen and oxygen atoms in total. The Morgan fingerprint density at radius 1 is 1.00 bits per heavy atom. The van der Waals surface area contributed by atoms with Crippen molar-refractivity contribution in [3.05, 3.63) is 36.7 Å². The highest BCUT2D eigenvalue weighted by molar-refractivity contribution is 6.86. The fraction of sp³-hybridized carbons (Fsp3) is 0.200. The molecule has 0 bridgehead atoms. The third-order valence-corrected chi connectivity index (χ3v) is 3.53. The molecule has 0 unspecified atom stereocenters. The van der Waals surface area contributed by atoms with Gasteiger partial charge in [0.1, 0.15) is 0 Å². The second kappa shape index (κ2) is 7.75. The van der Waals surface area contributed by atoms with Crippen molar-refractivity contribution in [1.82, 2.24) is 0 Å². The molecule has 0 aliphatic heterocycles. The van der Waals surface area contributed by atoms with Crippen LogP contribution in [-0.4, -0.2) is 30.2 Å². The monoisotopic (exact) mass is 228 g/mol. The Hall–Kier alpha value is -1.62. The van der Waals surface area contributed by atoms with Gasteiger partial charge in [0.05, 0.1) is 8.07 Å². The van der Waals surface area contributed by atoms with E-state index in [0.717, 1.165) is 0 Å². The highest BCUT2D eigenvalue weighted by atomic mass is 28.3. The lowest BCUT2D eigenvalue weighted by atomic mass is 10.5. The molecule has 0 spiro atoms. The van der Waals surface area contributed by atoms with Gasteiger partial charge in [-0.05, 0) is 0 Å². The van der Waals surface area contributed by atoms with Gasteiger partial charge in [-0.1, -0.05) is 24.5 Å². The molecule has 0 aliphatic rings. The first-order valence-electron chi connectivity index (χ1n) is 4.16. The average Bonchev–Trinajstić information content (AvgIpc) is 2.16. The summed E-state index contributed by atoms with van der Waals surface area (Å²) in [6.45, 7) is 11.8. The van der Waals surface area contributed by atoms with Crippen LogP contribution in [0.1, 0.15) is 0 Å². The standard InChI is InChI=1S/C6H12Si.C4H4O4/c1-5-7(3,4)6-2;5-3(6)1-2-4(7)8/h5-6H,1-2H2,3-4H3;1-2H,(H,5,6)(H,7,8)/b;2-1-. The largest absolute Gasteiger partial charge is 0.478 e. The molecule has 0 radical (unpaired) electrons. The number of hydrogen-bond donors (Lipinski definition) is 2. The molecule has 15 heavy (non-hydrogen) atoms. The summed E-state index contributed by atoms with van der Waals surface area (Å²) in [5, 5.41) is 15.6. The Morgan fingerprint density at radius 3 is 1.33 bits per heavy atom. The summed E-state index contributed by atoms with van der Waals surface area (Å²) in [6.07, 6.45) is 1.12. The maximum Gasteiger partial charge on any atom is 0.328 e. The van der Waals surface area contributed by atoms with Gasteiger partial charge in [-0.25, -0.2) is 9.59 Å². The Kier molecular flexibility index (Phi) is 8.18. The number of hydrogen-bond acceptors (Lipinski definition) is 2. The summed E-state index contributed by atoms with van der Waals surface area (Å²) in [6, 6.07) is 0. The minimum absolute atomic E-state index is 0.558. The lowest BCUT2D eigenvalue weighted by molar-refractivity contribution is -0.134. The van der Waals surface area contributed by atoms with Gasteiger partial charge in [0.2, 0.25) is 0 Å². The molecule has 84 valence electrons. The molecule has 5 heteroatoms. The molecule has 0 aromatic carbocycles. The zero-order chi connectivity index (χ0) is 12.5. The van der Waals surface area contributed by atoms with Crippen LogP contribution in [0, 0.1) is 0 Å². The van der Waals surface area contributed by atoms with Crippen LogP contribution in [0.25, 0.3) is 0 Å². The lowest BCUT2D eigenvalue weighted by Crippen LogP contribution is -2.17. The molecular weight excluding hydrogens is 212 g/mol. The van der Waals surface area contributed by atoms with E-state index >= 15 is 0 Å². The van der Waals surface area contributed by atoms with Crippen molar-refractivity contribution >= 4 is 20.0 Å². The number of carbonyl (C=O) groups is 2. The zero-order valence-electron chi connectivity index (χ0n) is 8.93. The maximum atomic E-state index is 9.55. The van der Waals surface area contributed by atoms with Gasteiger partial charge in [-0.3, -0.25) is 0 Å². The molecule has 0 heterocycles. The number of carboxylic acid groups (broad SMARTS) is 2. The van der Waals surface area contributed by atoms with Crippen LogP contribution in [0.5, 0.6) is 0 Å². The van der Waals surface area contributed by atoms with Crippen molar-refractivity contribution in [2.75, 3.05) is 0 Å². The molecule has 0 saturated carbocycles. The Morgan fingerprint density at radius 2 is 1.27 bits per heavy atom. The first-order chi connectivity index (χ1) is 6.75. The van der Waals surface area contributed by atoms with Gasteiger partial charge in [-0.15, -0.1) is 13.2 Å².